The van der Waals surface area contributed by atoms with Crippen LogP contribution < -0.4 is 5.73 Å². The zero-order valence-electron chi connectivity index (χ0n) is 9.27. The zero-order chi connectivity index (χ0) is 11.4. The van der Waals surface area contributed by atoms with Gasteiger partial charge in [-0.1, -0.05) is 60.7 Å². The van der Waals surface area contributed by atoms with Crippen LogP contribution in [-0.2, 0) is 5.41 Å². The predicted octanol–water partition coefficient (Wildman–Crippen LogP) is 2.77. The summed E-state index contributed by atoms with van der Waals surface area (Å²) in [6.07, 6.45) is 0. The molecule has 0 spiro atoms. The topological polar surface area (TPSA) is 26.0 Å². The van der Waals surface area contributed by atoms with Gasteiger partial charge in [-0.3, -0.25) is 0 Å². The molecule has 2 aromatic carbocycles. The Bertz CT molecular complexity index is 394. The van der Waals surface area contributed by atoms with Crippen molar-refractivity contribution in [2.45, 2.75) is 5.41 Å². The molecule has 0 aromatic heterocycles. The number of benzene rings is 2. The van der Waals surface area contributed by atoms with Crippen LogP contribution in [0.2, 0.25) is 0 Å². The molecule has 0 unspecified atom stereocenters. The third-order valence-corrected chi connectivity index (χ3v) is 3.00. The highest BCUT2D eigenvalue weighted by Gasteiger charge is 2.26. The Morgan fingerprint density at radius 2 is 1.19 bits per heavy atom. The summed E-state index contributed by atoms with van der Waals surface area (Å²) in [4.78, 5) is 0. The second-order valence-corrected chi connectivity index (χ2v) is 4.02. The van der Waals surface area contributed by atoms with Crippen LogP contribution in [0.1, 0.15) is 11.1 Å². The lowest BCUT2D eigenvalue weighted by atomic mass is 9.76. The van der Waals surface area contributed by atoms with Gasteiger partial charge in [0.05, 0.1) is 0 Å². The van der Waals surface area contributed by atoms with Crippen molar-refractivity contribution in [3.05, 3.63) is 78.7 Å². The van der Waals surface area contributed by atoms with Gasteiger partial charge in [0, 0.05) is 12.0 Å². The summed E-state index contributed by atoms with van der Waals surface area (Å²) in [5.41, 5.74) is 7.88. The fraction of sp³-hybridized carbons (Fsp3) is 0.133. The number of rotatable bonds is 3. The van der Waals surface area contributed by atoms with Crippen molar-refractivity contribution in [2.75, 3.05) is 6.54 Å². The van der Waals surface area contributed by atoms with Gasteiger partial charge in [0.1, 0.15) is 0 Å². The molecule has 2 aromatic rings. The summed E-state index contributed by atoms with van der Waals surface area (Å²) in [7, 11) is 0. The molecule has 0 aliphatic heterocycles. The molecular weight excluding hydrogens is 194 g/mol. The maximum atomic E-state index is 5.91. The molecule has 0 aliphatic rings. The monoisotopic (exact) mass is 210 g/mol. The second-order valence-electron chi connectivity index (χ2n) is 4.02. The molecule has 0 heterocycles. The van der Waals surface area contributed by atoms with Crippen molar-refractivity contribution in [2.24, 2.45) is 5.73 Å². The van der Waals surface area contributed by atoms with Crippen molar-refractivity contribution in [1.82, 2.24) is 0 Å². The number of hydrogen-bond donors (Lipinski definition) is 1. The van der Waals surface area contributed by atoms with Crippen molar-refractivity contribution < 1.29 is 0 Å². The van der Waals surface area contributed by atoms with Crippen LogP contribution in [0.4, 0.5) is 0 Å². The zero-order valence-corrected chi connectivity index (χ0v) is 9.27. The maximum absolute atomic E-state index is 5.91. The van der Waals surface area contributed by atoms with Crippen LogP contribution >= 0.6 is 0 Å². The molecule has 0 fully saturated rings. The molecule has 81 valence electrons. The summed E-state index contributed by atoms with van der Waals surface area (Å²) < 4.78 is 0. The standard InChI is InChI=1S/C15H16N/c1-15(12-16,13-8-4-2-5-9-13)14-10-6-3-7-11-14/h2-11H,1,12,16H2. The first-order valence-corrected chi connectivity index (χ1v) is 5.44. The first-order valence-electron chi connectivity index (χ1n) is 5.44. The van der Waals surface area contributed by atoms with Crippen LogP contribution in [-0.4, -0.2) is 6.54 Å². The minimum atomic E-state index is -0.345. The third kappa shape index (κ3) is 1.86. The van der Waals surface area contributed by atoms with E-state index in [2.05, 4.69) is 31.2 Å². The molecular formula is C15H16N. The van der Waals surface area contributed by atoms with Crippen LogP contribution in [0, 0.1) is 6.92 Å². The van der Waals surface area contributed by atoms with Gasteiger partial charge in [0.15, 0.2) is 0 Å². The Kier molecular flexibility index (Phi) is 3.07. The van der Waals surface area contributed by atoms with Gasteiger partial charge in [0.2, 0.25) is 0 Å². The van der Waals surface area contributed by atoms with Gasteiger partial charge in [0.25, 0.3) is 0 Å². The molecule has 0 atom stereocenters. The molecule has 1 nitrogen and oxygen atoms in total. The summed E-state index contributed by atoms with van der Waals surface area (Å²) >= 11 is 0. The molecule has 16 heavy (non-hydrogen) atoms. The van der Waals surface area contributed by atoms with E-state index in [0.29, 0.717) is 6.54 Å². The fourth-order valence-corrected chi connectivity index (χ4v) is 1.92. The van der Waals surface area contributed by atoms with E-state index in [4.69, 9.17) is 5.73 Å². The van der Waals surface area contributed by atoms with E-state index in [1.54, 1.807) is 0 Å². The molecule has 2 N–H and O–H groups in total. The van der Waals surface area contributed by atoms with Gasteiger partial charge < -0.3 is 5.73 Å². The van der Waals surface area contributed by atoms with Crippen LogP contribution in [0.5, 0.6) is 0 Å². The summed E-state index contributed by atoms with van der Waals surface area (Å²) in [6.45, 7) is 4.80. The molecule has 0 aliphatic carbocycles. The maximum Gasteiger partial charge on any atom is 0.0325 e. The Labute approximate surface area is 96.9 Å². The lowest BCUT2D eigenvalue weighted by Gasteiger charge is -2.29. The van der Waals surface area contributed by atoms with E-state index < -0.39 is 0 Å². The van der Waals surface area contributed by atoms with Gasteiger partial charge >= 0.3 is 0 Å². The van der Waals surface area contributed by atoms with E-state index in [-0.39, 0.29) is 5.41 Å². The van der Waals surface area contributed by atoms with E-state index in [9.17, 15) is 0 Å². The number of nitrogens with two attached hydrogens (primary N) is 1. The van der Waals surface area contributed by atoms with Crippen molar-refractivity contribution in [3.63, 3.8) is 0 Å². The average molecular weight is 210 g/mol. The SMILES string of the molecule is [CH2]C(CN)(c1ccccc1)c1ccccc1. The fourth-order valence-electron chi connectivity index (χ4n) is 1.92. The Morgan fingerprint density at radius 1 is 0.812 bits per heavy atom. The van der Waals surface area contributed by atoms with Gasteiger partial charge in [-0.25, -0.2) is 0 Å². The van der Waals surface area contributed by atoms with Gasteiger partial charge in [-0.2, -0.15) is 0 Å². The Balaban J connectivity index is 2.49. The highest BCUT2D eigenvalue weighted by molar-refractivity contribution is 5.41. The smallest absolute Gasteiger partial charge is 0.0325 e. The normalized spacial score (nSPS) is 11.4. The van der Waals surface area contributed by atoms with Crippen LogP contribution in [0.15, 0.2) is 60.7 Å². The van der Waals surface area contributed by atoms with E-state index in [0.717, 1.165) is 11.1 Å². The van der Waals surface area contributed by atoms with E-state index in [1.165, 1.54) is 0 Å². The van der Waals surface area contributed by atoms with E-state index in [1.807, 2.05) is 36.4 Å². The largest absolute Gasteiger partial charge is 0.329 e. The van der Waals surface area contributed by atoms with Gasteiger partial charge in [-0.15, -0.1) is 0 Å². The van der Waals surface area contributed by atoms with E-state index >= 15 is 0 Å². The molecule has 0 saturated carbocycles. The minimum Gasteiger partial charge on any atom is -0.329 e. The molecule has 0 saturated heterocycles. The predicted molar refractivity (Wildman–Crippen MR) is 68.1 cm³/mol. The van der Waals surface area contributed by atoms with Crippen molar-refractivity contribution in [1.29, 1.82) is 0 Å². The van der Waals surface area contributed by atoms with Crippen LogP contribution in [0.3, 0.4) is 0 Å². The lowest BCUT2D eigenvalue weighted by Crippen LogP contribution is -2.33. The summed E-state index contributed by atoms with van der Waals surface area (Å²) in [5, 5.41) is 0. The first kappa shape index (κ1) is 10.9. The Hall–Kier alpha value is -1.60. The molecule has 2 rings (SSSR count). The Morgan fingerprint density at radius 3 is 1.50 bits per heavy atom. The molecule has 1 heteroatoms. The molecule has 0 amide bonds. The third-order valence-electron chi connectivity index (χ3n) is 3.00. The average Bonchev–Trinajstić information content (AvgIpc) is 2.40. The van der Waals surface area contributed by atoms with Crippen LogP contribution in [0.25, 0.3) is 0 Å². The molecule has 1 radical (unpaired) electrons. The minimum absolute atomic E-state index is 0.345. The highest BCUT2D eigenvalue weighted by Crippen LogP contribution is 2.29. The second kappa shape index (κ2) is 4.50. The highest BCUT2D eigenvalue weighted by atomic mass is 14.6. The summed E-state index contributed by atoms with van der Waals surface area (Å²) in [6, 6.07) is 20.4. The van der Waals surface area contributed by atoms with Crippen molar-refractivity contribution >= 4 is 0 Å². The van der Waals surface area contributed by atoms with Crippen molar-refractivity contribution in [3.8, 4) is 0 Å². The molecule has 0 bridgehead atoms. The van der Waals surface area contributed by atoms with Gasteiger partial charge in [-0.05, 0) is 18.1 Å². The number of hydrogen-bond acceptors (Lipinski definition) is 1. The summed E-state index contributed by atoms with van der Waals surface area (Å²) in [5.74, 6) is 0. The quantitative estimate of drug-likeness (QED) is 0.828. The first-order chi connectivity index (χ1) is 7.77. The lowest BCUT2D eigenvalue weighted by molar-refractivity contribution is 0.650.